The Bertz CT molecular complexity index is 680. The molecule has 24 heavy (non-hydrogen) atoms. The number of rotatable bonds is 8. The number of hydrogen-bond donors (Lipinski definition) is 2. The highest BCUT2D eigenvalue weighted by Crippen LogP contribution is 2.34. The number of carbonyl (C=O) groups excluding carboxylic acids is 1. The Balaban J connectivity index is 1.66. The van der Waals surface area contributed by atoms with Gasteiger partial charge < -0.3 is 15.2 Å². The molecule has 1 amide bonds. The van der Waals surface area contributed by atoms with Gasteiger partial charge in [0.15, 0.2) is 0 Å². The summed E-state index contributed by atoms with van der Waals surface area (Å²) in [6, 6.07) is 7.77. The zero-order valence-corrected chi connectivity index (χ0v) is 14.5. The van der Waals surface area contributed by atoms with Crippen LogP contribution < -0.4 is 10.1 Å². The second-order valence-corrected chi connectivity index (χ2v) is 6.78. The fraction of sp³-hybridized carbons (Fsp3) is 0.444. The Morgan fingerprint density at radius 3 is 2.79 bits per heavy atom. The zero-order chi connectivity index (χ0) is 16.9. The van der Waals surface area contributed by atoms with E-state index in [1.165, 1.54) is 11.3 Å². The third-order valence-electron chi connectivity index (χ3n) is 4.10. The first-order chi connectivity index (χ1) is 11.7. The Hall–Kier alpha value is -1.92. The summed E-state index contributed by atoms with van der Waals surface area (Å²) >= 11 is 1.45. The largest absolute Gasteiger partial charge is 0.494 e. The molecule has 1 aromatic carbocycles. The Morgan fingerprint density at radius 2 is 2.17 bits per heavy atom. The molecule has 0 aliphatic heterocycles. The summed E-state index contributed by atoms with van der Waals surface area (Å²) in [4.78, 5) is 16.8. The lowest BCUT2D eigenvalue weighted by atomic mass is 10.1. The van der Waals surface area contributed by atoms with E-state index in [2.05, 4.69) is 10.3 Å². The van der Waals surface area contributed by atoms with Gasteiger partial charge in [-0.2, -0.15) is 0 Å². The molecule has 1 aliphatic carbocycles. The van der Waals surface area contributed by atoms with Crippen molar-refractivity contribution in [3.8, 4) is 16.3 Å². The smallest absolute Gasteiger partial charge is 0.271 e. The number of aliphatic hydroxyl groups excluding tert-OH is 1. The third kappa shape index (κ3) is 4.13. The van der Waals surface area contributed by atoms with Crippen molar-refractivity contribution in [1.29, 1.82) is 0 Å². The van der Waals surface area contributed by atoms with Gasteiger partial charge in [-0.15, -0.1) is 11.3 Å². The molecule has 1 saturated carbocycles. The maximum absolute atomic E-state index is 12.4. The van der Waals surface area contributed by atoms with Gasteiger partial charge in [0.05, 0.1) is 6.61 Å². The number of aliphatic hydroxyl groups is 1. The SMILES string of the molecule is CCOc1ccc(-c2nc(C(=O)NC(CCO)C3CC3)cs2)cc1. The van der Waals surface area contributed by atoms with Gasteiger partial charge in [-0.1, -0.05) is 0 Å². The molecular weight excluding hydrogens is 324 g/mol. The van der Waals surface area contributed by atoms with Gasteiger partial charge in [0.1, 0.15) is 16.5 Å². The molecule has 1 unspecified atom stereocenters. The number of amides is 1. The number of ether oxygens (including phenoxy) is 1. The molecule has 1 aromatic heterocycles. The topological polar surface area (TPSA) is 71.5 Å². The van der Waals surface area contributed by atoms with E-state index < -0.39 is 0 Å². The summed E-state index contributed by atoms with van der Waals surface area (Å²) in [6.45, 7) is 2.68. The molecule has 1 heterocycles. The van der Waals surface area contributed by atoms with Crippen LogP contribution in [0.25, 0.3) is 10.6 Å². The lowest BCUT2D eigenvalue weighted by Gasteiger charge is -2.16. The second-order valence-electron chi connectivity index (χ2n) is 5.92. The van der Waals surface area contributed by atoms with Crippen LogP contribution in [-0.2, 0) is 0 Å². The van der Waals surface area contributed by atoms with E-state index in [0.717, 1.165) is 29.2 Å². The first kappa shape index (κ1) is 16.9. The van der Waals surface area contributed by atoms with Crippen molar-refractivity contribution >= 4 is 17.2 Å². The van der Waals surface area contributed by atoms with Crippen molar-refractivity contribution < 1.29 is 14.6 Å². The van der Waals surface area contributed by atoms with Crippen LogP contribution in [0.15, 0.2) is 29.6 Å². The van der Waals surface area contributed by atoms with E-state index >= 15 is 0 Å². The predicted molar refractivity (Wildman–Crippen MR) is 94.4 cm³/mol. The highest BCUT2D eigenvalue weighted by Gasteiger charge is 2.32. The van der Waals surface area contributed by atoms with E-state index in [9.17, 15) is 4.79 Å². The van der Waals surface area contributed by atoms with Gasteiger partial charge in [-0.3, -0.25) is 4.79 Å². The van der Waals surface area contributed by atoms with Crippen molar-refractivity contribution in [1.82, 2.24) is 10.3 Å². The van der Waals surface area contributed by atoms with Crippen molar-refractivity contribution in [3.63, 3.8) is 0 Å². The third-order valence-corrected chi connectivity index (χ3v) is 4.99. The summed E-state index contributed by atoms with van der Waals surface area (Å²) in [6.07, 6.45) is 2.85. The van der Waals surface area contributed by atoms with Crippen molar-refractivity contribution in [2.45, 2.75) is 32.2 Å². The van der Waals surface area contributed by atoms with E-state index in [1.807, 2.05) is 31.2 Å². The zero-order valence-electron chi connectivity index (χ0n) is 13.7. The Kier molecular flexibility index (Phi) is 5.48. The van der Waals surface area contributed by atoms with Crippen molar-refractivity contribution in [2.24, 2.45) is 5.92 Å². The van der Waals surface area contributed by atoms with Crippen LogP contribution >= 0.6 is 11.3 Å². The van der Waals surface area contributed by atoms with Crippen LogP contribution in [0, 0.1) is 5.92 Å². The second kappa shape index (κ2) is 7.77. The Morgan fingerprint density at radius 1 is 1.42 bits per heavy atom. The van der Waals surface area contributed by atoms with Crippen LogP contribution in [0.5, 0.6) is 5.75 Å². The maximum Gasteiger partial charge on any atom is 0.271 e. The number of benzene rings is 1. The molecule has 3 rings (SSSR count). The molecule has 1 atom stereocenters. The molecule has 5 nitrogen and oxygen atoms in total. The molecule has 1 fully saturated rings. The highest BCUT2D eigenvalue weighted by molar-refractivity contribution is 7.13. The van der Waals surface area contributed by atoms with Crippen molar-refractivity contribution in [3.05, 3.63) is 35.3 Å². The maximum atomic E-state index is 12.4. The summed E-state index contributed by atoms with van der Waals surface area (Å²) < 4.78 is 5.43. The summed E-state index contributed by atoms with van der Waals surface area (Å²) in [5.74, 6) is 1.17. The Labute approximate surface area is 145 Å². The lowest BCUT2D eigenvalue weighted by molar-refractivity contribution is 0.0920. The monoisotopic (exact) mass is 346 g/mol. The molecule has 1 aliphatic rings. The fourth-order valence-corrected chi connectivity index (χ4v) is 3.48. The minimum Gasteiger partial charge on any atom is -0.494 e. The molecule has 0 bridgehead atoms. The van der Waals surface area contributed by atoms with Crippen LogP contribution in [-0.4, -0.2) is 35.3 Å². The molecule has 128 valence electrons. The normalized spacial score (nSPS) is 15.1. The number of hydrogen-bond acceptors (Lipinski definition) is 5. The minimum atomic E-state index is -0.159. The fourth-order valence-electron chi connectivity index (χ4n) is 2.68. The standard InChI is InChI=1S/C18H22N2O3S/c1-2-23-14-7-5-13(6-8-14)18-20-16(11-24-18)17(22)19-15(9-10-21)12-3-4-12/h5-8,11-12,15,21H,2-4,9-10H2,1H3,(H,19,22). The van der Waals surface area contributed by atoms with Gasteiger partial charge in [0, 0.05) is 23.6 Å². The number of aromatic nitrogens is 1. The highest BCUT2D eigenvalue weighted by atomic mass is 32.1. The van der Waals surface area contributed by atoms with E-state index in [0.29, 0.717) is 24.6 Å². The van der Waals surface area contributed by atoms with Gasteiger partial charge in [0.25, 0.3) is 5.91 Å². The van der Waals surface area contributed by atoms with Crippen LogP contribution in [0.4, 0.5) is 0 Å². The van der Waals surface area contributed by atoms with Gasteiger partial charge >= 0.3 is 0 Å². The summed E-state index contributed by atoms with van der Waals surface area (Å²) in [5, 5.41) is 14.7. The predicted octanol–water partition coefficient (Wildman–Crippen LogP) is 3.10. The molecule has 2 aromatic rings. The first-order valence-corrected chi connectivity index (χ1v) is 9.19. The molecule has 0 spiro atoms. The summed E-state index contributed by atoms with van der Waals surface area (Å²) in [7, 11) is 0. The summed E-state index contributed by atoms with van der Waals surface area (Å²) in [5.41, 5.74) is 1.41. The van der Waals surface area contributed by atoms with E-state index in [4.69, 9.17) is 9.84 Å². The number of carbonyl (C=O) groups is 1. The molecule has 6 heteroatoms. The first-order valence-electron chi connectivity index (χ1n) is 8.31. The molecule has 2 N–H and O–H groups in total. The molecule has 0 saturated heterocycles. The molecular formula is C18H22N2O3S. The van der Waals surface area contributed by atoms with Crippen LogP contribution in [0.2, 0.25) is 0 Å². The minimum absolute atomic E-state index is 0.0538. The number of nitrogens with zero attached hydrogens (tertiary/aromatic N) is 1. The number of thiazole rings is 1. The van der Waals surface area contributed by atoms with Gasteiger partial charge in [-0.05, 0) is 56.4 Å². The van der Waals surface area contributed by atoms with Crippen LogP contribution in [0.1, 0.15) is 36.7 Å². The van der Waals surface area contributed by atoms with Gasteiger partial charge in [-0.25, -0.2) is 4.98 Å². The van der Waals surface area contributed by atoms with Crippen LogP contribution in [0.3, 0.4) is 0 Å². The quantitative estimate of drug-likeness (QED) is 0.770. The number of nitrogens with one attached hydrogen (secondary N) is 1. The van der Waals surface area contributed by atoms with E-state index in [-0.39, 0.29) is 18.6 Å². The molecule has 0 radical (unpaired) electrons. The average molecular weight is 346 g/mol. The average Bonchev–Trinajstić information content (AvgIpc) is 3.32. The van der Waals surface area contributed by atoms with E-state index in [1.54, 1.807) is 5.38 Å². The van der Waals surface area contributed by atoms with Crippen molar-refractivity contribution in [2.75, 3.05) is 13.2 Å². The van der Waals surface area contributed by atoms with Gasteiger partial charge in [0.2, 0.25) is 0 Å². The lowest BCUT2D eigenvalue weighted by Crippen LogP contribution is -2.37.